The molecular weight excluding hydrogens is 270 g/mol. The van der Waals surface area contributed by atoms with E-state index in [1.165, 1.54) is 6.07 Å². The van der Waals surface area contributed by atoms with Crippen LogP contribution in [-0.2, 0) is 0 Å². The first-order valence-corrected chi connectivity index (χ1v) is 6.27. The van der Waals surface area contributed by atoms with Crippen molar-refractivity contribution in [2.45, 2.75) is 0 Å². The zero-order valence-corrected chi connectivity index (χ0v) is 11.3. The maximum atomic E-state index is 11.4. The summed E-state index contributed by atoms with van der Waals surface area (Å²) in [5, 5.41) is 3.96. The highest BCUT2D eigenvalue weighted by molar-refractivity contribution is 5.86. The Morgan fingerprint density at radius 3 is 2.62 bits per heavy atom. The molecule has 0 saturated heterocycles. The van der Waals surface area contributed by atoms with Gasteiger partial charge in [0.05, 0.1) is 12.7 Å². The third kappa shape index (κ3) is 2.38. The lowest BCUT2D eigenvalue weighted by molar-refractivity contribution is 0.415. The van der Waals surface area contributed by atoms with E-state index in [0.717, 1.165) is 11.3 Å². The number of ether oxygens (including phenoxy) is 1. The van der Waals surface area contributed by atoms with Gasteiger partial charge in [-0.2, -0.15) is 0 Å². The van der Waals surface area contributed by atoms with Crippen LogP contribution in [-0.4, -0.2) is 17.3 Å². The van der Waals surface area contributed by atoms with Crippen LogP contribution in [0.4, 0.5) is 5.88 Å². The molecule has 0 saturated carbocycles. The Bertz CT molecular complexity index is 819. The summed E-state index contributed by atoms with van der Waals surface area (Å²) in [6, 6.07) is 10.6. The Labute approximate surface area is 120 Å². The van der Waals surface area contributed by atoms with Gasteiger partial charge in [-0.3, -0.25) is 4.79 Å². The highest BCUT2D eigenvalue weighted by Crippen LogP contribution is 2.36. The lowest BCUT2D eigenvalue weighted by Crippen LogP contribution is -2.02. The molecule has 0 aliphatic rings. The van der Waals surface area contributed by atoms with Gasteiger partial charge in [-0.1, -0.05) is 17.3 Å². The monoisotopic (exact) mass is 283 g/mol. The van der Waals surface area contributed by atoms with Gasteiger partial charge in [0.15, 0.2) is 0 Å². The Balaban J connectivity index is 2.14. The number of anilines is 1. The fraction of sp³-hybridized carbons (Fsp3) is 0.0667. The number of rotatable bonds is 3. The average Bonchev–Trinajstić information content (AvgIpc) is 2.89. The van der Waals surface area contributed by atoms with Crippen molar-refractivity contribution in [3.63, 3.8) is 0 Å². The minimum atomic E-state index is -0.213. The number of H-pyrrole nitrogens is 1. The van der Waals surface area contributed by atoms with Gasteiger partial charge in [0, 0.05) is 17.8 Å². The number of aromatic amines is 1. The number of benzene rings is 1. The van der Waals surface area contributed by atoms with Gasteiger partial charge in [-0.15, -0.1) is 0 Å². The van der Waals surface area contributed by atoms with Gasteiger partial charge in [-0.05, 0) is 23.8 Å². The van der Waals surface area contributed by atoms with Crippen molar-refractivity contribution in [2.75, 3.05) is 12.8 Å². The highest BCUT2D eigenvalue weighted by Gasteiger charge is 2.17. The van der Waals surface area contributed by atoms with E-state index in [1.807, 2.05) is 24.3 Å². The van der Waals surface area contributed by atoms with Gasteiger partial charge in [0.2, 0.25) is 11.4 Å². The Hall–Kier alpha value is -3.02. The first-order chi connectivity index (χ1) is 10.2. The molecule has 0 atom stereocenters. The molecular formula is C15H13N3O3. The smallest absolute Gasteiger partial charge is 0.248 e. The second-order valence-corrected chi connectivity index (χ2v) is 4.44. The number of nitrogens with two attached hydrogens (primary N) is 1. The van der Waals surface area contributed by atoms with Crippen molar-refractivity contribution in [1.29, 1.82) is 0 Å². The van der Waals surface area contributed by atoms with Crippen LogP contribution in [0.15, 0.2) is 51.9 Å². The molecule has 6 heteroatoms. The molecule has 3 rings (SSSR count). The molecule has 0 aliphatic heterocycles. The fourth-order valence-corrected chi connectivity index (χ4v) is 2.13. The van der Waals surface area contributed by atoms with Crippen LogP contribution >= 0.6 is 0 Å². The number of methoxy groups -OCH3 is 1. The molecule has 2 aromatic heterocycles. The summed E-state index contributed by atoms with van der Waals surface area (Å²) in [7, 11) is 1.60. The summed E-state index contributed by atoms with van der Waals surface area (Å²) < 4.78 is 10.2. The van der Waals surface area contributed by atoms with E-state index in [-0.39, 0.29) is 11.4 Å². The van der Waals surface area contributed by atoms with Crippen LogP contribution in [0.25, 0.3) is 22.4 Å². The first kappa shape index (κ1) is 13.0. The second-order valence-electron chi connectivity index (χ2n) is 4.44. The minimum absolute atomic E-state index is 0.204. The molecule has 2 heterocycles. The van der Waals surface area contributed by atoms with Crippen molar-refractivity contribution in [3.05, 3.63) is 52.9 Å². The molecule has 106 valence electrons. The minimum Gasteiger partial charge on any atom is -0.497 e. The van der Waals surface area contributed by atoms with Crippen molar-refractivity contribution in [1.82, 2.24) is 10.1 Å². The Morgan fingerprint density at radius 1 is 1.19 bits per heavy atom. The van der Waals surface area contributed by atoms with E-state index < -0.39 is 0 Å². The van der Waals surface area contributed by atoms with E-state index in [2.05, 4.69) is 10.1 Å². The maximum absolute atomic E-state index is 11.4. The second kappa shape index (κ2) is 5.16. The van der Waals surface area contributed by atoms with Crippen molar-refractivity contribution >= 4 is 5.88 Å². The van der Waals surface area contributed by atoms with Crippen LogP contribution in [0, 0.1) is 0 Å². The lowest BCUT2D eigenvalue weighted by atomic mass is 10.0. The molecule has 3 N–H and O–H groups in total. The van der Waals surface area contributed by atoms with Gasteiger partial charge in [-0.25, -0.2) is 0 Å². The zero-order valence-electron chi connectivity index (χ0n) is 11.3. The molecule has 0 unspecified atom stereocenters. The van der Waals surface area contributed by atoms with Gasteiger partial charge >= 0.3 is 0 Å². The standard InChI is InChI=1S/C15H13N3O3/c1-20-11-4-2-9(3-5-11)13-14(18-21-15(13)16)10-6-7-17-12(19)8-10/h2-8H,16H2,1H3,(H,17,19). The predicted octanol–water partition coefficient (Wildman–Crippen LogP) is 2.29. The largest absolute Gasteiger partial charge is 0.497 e. The number of hydrogen-bond acceptors (Lipinski definition) is 5. The quantitative estimate of drug-likeness (QED) is 0.769. The summed E-state index contributed by atoms with van der Waals surface area (Å²) in [5.74, 6) is 0.946. The summed E-state index contributed by atoms with van der Waals surface area (Å²) in [6.07, 6.45) is 1.56. The van der Waals surface area contributed by atoms with Crippen molar-refractivity contribution in [3.8, 4) is 28.1 Å². The fourth-order valence-electron chi connectivity index (χ4n) is 2.13. The molecule has 21 heavy (non-hydrogen) atoms. The third-order valence-corrected chi connectivity index (χ3v) is 3.15. The van der Waals surface area contributed by atoms with E-state index in [9.17, 15) is 4.79 Å². The first-order valence-electron chi connectivity index (χ1n) is 6.27. The van der Waals surface area contributed by atoms with Crippen LogP contribution < -0.4 is 16.0 Å². The predicted molar refractivity (Wildman–Crippen MR) is 79.0 cm³/mol. The molecule has 1 aromatic carbocycles. The normalized spacial score (nSPS) is 10.5. The highest BCUT2D eigenvalue weighted by atomic mass is 16.5. The van der Waals surface area contributed by atoms with E-state index in [4.69, 9.17) is 15.0 Å². The summed E-state index contributed by atoms with van der Waals surface area (Å²) in [6.45, 7) is 0. The third-order valence-electron chi connectivity index (χ3n) is 3.15. The number of hydrogen-bond donors (Lipinski definition) is 2. The molecule has 0 spiro atoms. The number of nitrogens with one attached hydrogen (secondary N) is 1. The van der Waals surface area contributed by atoms with Gasteiger partial charge in [0.25, 0.3) is 0 Å². The van der Waals surface area contributed by atoms with Crippen LogP contribution in [0.1, 0.15) is 0 Å². The molecule has 0 radical (unpaired) electrons. The molecule has 0 fully saturated rings. The molecule has 6 nitrogen and oxygen atoms in total. The lowest BCUT2D eigenvalue weighted by Gasteiger charge is -2.04. The zero-order chi connectivity index (χ0) is 14.8. The van der Waals surface area contributed by atoms with Crippen molar-refractivity contribution < 1.29 is 9.26 Å². The summed E-state index contributed by atoms with van der Waals surface area (Å²) in [4.78, 5) is 14.0. The molecule has 3 aromatic rings. The molecule has 0 amide bonds. The van der Waals surface area contributed by atoms with Gasteiger partial charge < -0.3 is 20.0 Å². The number of aromatic nitrogens is 2. The van der Waals surface area contributed by atoms with E-state index >= 15 is 0 Å². The van der Waals surface area contributed by atoms with Crippen molar-refractivity contribution in [2.24, 2.45) is 0 Å². The van der Waals surface area contributed by atoms with Gasteiger partial charge in [0.1, 0.15) is 11.4 Å². The van der Waals surface area contributed by atoms with E-state index in [1.54, 1.807) is 19.4 Å². The van der Waals surface area contributed by atoms with Crippen LogP contribution in [0.3, 0.4) is 0 Å². The number of nitrogen functional groups attached to an aromatic ring is 1. The molecule has 0 bridgehead atoms. The van der Waals surface area contributed by atoms with Crippen LogP contribution in [0.5, 0.6) is 5.75 Å². The summed E-state index contributed by atoms with van der Waals surface area (Å²) in [5.41, 5.74) is 8.33. The maximum Gasteiger partial charge on any atom is 0.248 e. The average molecular weight is 283 g/mol. The van der Waals surface area contributed by atoms with E-state index in [0.29, 0.717) is 16.8 Å². The Kier molecular flexibility index (Phi) is 3.19. The molecule has 0 aliphatic carbocycles. The Morgan fingerprint density at radius 2 is 1.95 bits per heavy atom. The van der Waals surface area contributed by atoms with Crippen LogP contribution in [0.2, 0.25) is 0 Å². The SMILES string of the molecule is COc1ccc(-c2c(-c3cc[nH]c(=O)c3)noc2N)cc1. The number of nitrogens with zero attached hydrogens (tertiary/aromatic N) is 1. The summed E-state index contributed by atoms with van der Waals surface area (Å²) >= 11 is 0. The topological polar surface area (TPSA) is 94.1 Å². The number of pyridine rings is 1.